The van der Waals surface area contributed by atoms with Crippen LogP contribution in [0.3, 0.4) is 0 Å². The predicted molar refractivity (Wildman–Crippen MR) is 101 cm³/mol. The molecule has 0 aromatic heterocycles. The summed E-state index contributed by atoms with van der Waals surface area (Å²) in [5.74, 6) is 0.722. The molecule has 1 atom stereocenters. The highest BCUT2D eigenvalue weighted by Crippen LogP contribution is 2.35. The van der Waals surface area contributed by atoms with Gasteiger partial charge >= 0.3 is 0 Å². The number of phenolic OH excluding ortho intramolecular Hbond substituents is 1. The second-order valence-electron chi connectivity index (χ2n) is 7.17. The molecule has 0 amide bonds. The van der Waals surface area contributed by atoms with Crippen LogP contribution in [-0.4, -0.2) is 24.7 Å². The minimum absolute atomic E-state index is 0.170. The molecule has 0 radical (unpaired) electrons. The topological polar surface area (TPSA) is 26.7 Å². The van der Waals surface area contributed by atoms with Crippen LogP contribution >= 0.6 is 0 Å². The highest BCUT2D eigenvalue weighted by molar-refractivity contribution is 5.82. The van der Waals surface area contributed by atoms with Crippen LogP contribution < -0.4 is 9.80 Å². The van der Waals surface area contributed by atoms with Crippen LogP contribution in [-0.2, 0) is 6.42 Å². The second kappa shape index (κ2) is 6.10. The van der Waals surface area contributed by atoms with Gasteiger partial charge in [0.1, 0.15) is 11.6 Å². The highest BCUT2D eigenvalue weighted by Gasteiger charge is 2.24. The van der Waals surface area contributed by atoms with Gasteiger partial charge in [-0.15, -0.1) is 0 Å². The SMILES string of the molecule is C=C1c2ccc(O)cc2CCN1c1ccc(N2CCC(C)C2)c(F)c1. The predicted octanol–water partition coefficient (Wildman–Crippen LogP) is 4.41. The number of benzene rings is 2. The maximum atomic E-state index is 14.7. The minimum Gasteiger partial charge on any atom is -0.508 e. The van der Waals surface area contributed by atoms with Crippen molar-refractivity contribution in [3.63, 3.8) is 0 Å². The van der Waals surface area contributed by atoms with Crippen LogP contribution in [0.1, 0.15) is 24.5 Å². The summed E-state index contributed by atoms with van der Waals surface area (Å²) in [6, 6.07) is 10.8. The summed E-state index contributed by atoms with van der Waals surface area (Å²) >= 11 is 0. The zero-order valence-corrected chi connectivity index (χ0v) is 14.5. The largest absolute Gasteiger partial charge is 0.508 e. The van der Waals surface area contributed by atoms with Crippen molar-refractivity contribution in [1.29, 1.82) is 0 Å². The van der Waals surface area contributed by atoms with Crippen molar-refractivity contribution >= 4 is 17.1 Å². The third-order valence-corrected chi connectivity index (χ3v) is 5.34. The number of nitrogens with zero attached hydrogens (tertiary/aromatic N) is 2. The van der Waals surface area contributed by atoms with Gasteiger partial charge in [-0.25, -0.2) is 4.39 Å². The molecule has 130 valence electrons. The van der Waals surface area contributed by atoms with Crippen molar-refractivity contribution < 1.29 is 9.50 Å². The minimum atomic E-state index is -0.170. The van der Waals surface area contributed by atoms with Crippen molar-refractivity contribution in [2.45, 2.75) is 19.8 Å². The summed E-state index contributed by atoms with van der Waals surface area (Å²) in [6.45, 7) is 8.97. The zero-order valence-electron chi connectivity index (χ0n) is 14.5. The molecule has 0 bridgehead atoms. The molecule has 4 rings (SSSR count). The van der Waals surface area contributed by atoms with Gasteiger partial charge in [-0.2, -0.15) is 0 Å². The molecule has 2 aliphatic heterocycles. The van der Waals surface area contributed by atoms with E-state index in [9.17, 15) is 9.50 Å². The van der Waals surface area contributed by atoms with Gasteiger partial charge < -0.3 is 14.9 Å². The lowest BCUT2D eigenvalue weighted by atomic mass is 9.96. The number of rotatable bonds is 2. The van der Waals surface area contributed by atoms with E-state index < -0.39 is 0 Å². The fraction of sp³-hybridized carbons (Fsp3) is 0.333. The van der Waals surface area contributed by atoms with Crippen LogP contribution in [0.4, 0.5) is 15.8 Å². The van der Waals surface area contributed by atoms with E-state index >= 15 is 0 Å². The molecule has 1 saturated heterocycles. The molecule has 25 heavy (non-hydrogen) atoms. The van der Waals surface area contributed by atoms with Crippen molar-refractivity contribution in [3.05, 3.63) is 59.9 Å². The molecule has 1 N–H and O–H groups in total. The molecule has 2 aromatic rings. The van der Waals surface area contributed by atoms with E-state index in [4.69, 9.17) is 0 Å². The molecule has 3 nitrogen and oxygen atoms in total. The summed E-state index contributed by atoms with van der Waals surface area (Å²) < 4.78 is 14.7. The maximum absolute atomic E-state index is 14.7. The first-order valence-corrected chi connectivity index (χ1v) is 8.86. The molecular weight excluding hydrogens is 315 g/mol. The average Bonchev–Trinajstić information content (AvgIpc) is 3.01. The van der Waals surface area contributed by atoms with E-state index in [2.05, 4.69) is 23.3 Å². The Labute approximate surface area is 148 Å². The van der Waals surface area contributed by atoms with Gasteiger partial charge in [0.25, 0.3) is 0 Å². The van der Waals surface area contributed by atoms with Crippen molar-refractivity contribution in [2.24, 2.45) is 5.92 Å². The van der Waals surface area contributed by atoms with Crippen LogP contribution in [0.25, 0.3) is 5.70 Å². The van der Waals surface area contributed by atoms with E-state index in [0.717, 1.165) is 55.0 Å². The molecule has 4 heteroatoms. The lowest BCUT2D eigenvalue weighted by Crippen LogP contribution is -2.29. The van der Waals surface area contributed by atoms with Crippen molar-refractivity contribution in [1.82, 2.24) is 0 Å². The summed E-state index contributed by atoms with van der Waals surface area (Å²) in [5.41, 5.74) is 4.48. The lowest BCUT2D eigenvalue weighted by molar-refractivity contribution is 0.474. The summed E-state index contributed by atoms with van der Waals surface area (Å²) in [4.78, 5) is 4.19. The molecular formula is C21H23FN2O. The van der Waals surface area contributed by atoms with E-state index in [0.29, 0.717) is 11.6 Å². The Morgan fingerprint density at radius 3 is 2.72 bits per heavy atom. The third-order valence-electron chi connectivity index (χ3n) is 5.34. The Kier molecular flexibility index (Phi) is 3.91. The molecule has 2 heterocycles. The van der Waals surface area contributed by atoms with E-state index in [1.54, 1.807) is 18.2 Å². The molecule has 0 saturated carbocycles. The Morgan fingerprint density at radius 2 is 2.00 bits per heavy atom. The number of hydrogen-bond acceptors (Lipinski definition) is 3. The smallest absolute Gasteiger partial charge is 0.148 e. The maximum Gasteiger partial charge on any atom is 0.148 e. The number of anilines is 2. The van der Waals surface area contributed by atoms with Crippen molar-refractivity contribution in [2.75, 3.05) is 29.4 Å². The Bertz CT molecular complexity index is 833. The summed E-state index contributed by atoms with van der Waals surface area (Å²) in [7, 11) is 0. The van der Waals surface area contributed by atoms with Crippen LogP contribution in [0.5, 0.6) is 5.75 Å². The van der Waals surface area contributed by atoms with E-state index in [1.165, 1.54) is 0 Å². The number of halogens is 1. The fourth-order valence-corrected chi connectivity index (χ4v) is 3.94. The average molecular weight is 338 g/mol. The normalized spacial score (nSPS) is 20.1. The molecule has 1 unspecified atom stereocenters. The Hall–Kier alpha value is -2.49. The summed E-state index contributed by atoms with van der Waals surface area (Å²) in [5, 5.41) is 9.65. The molecule has 0 spiro atoms. The Balaban J connectivity index is 1.61. The van der Waals surface area contributed by atoms with E-state index in [-0.39, 0.29) is 11.6 Å². The lowest BCUT2D eigenvalue weighted by Gasteiger charge is -2.33. The summed E-state index contributed by atoms with van der Waals surface area (Å²) in [6.07, 6.45) is 1.92. The van der Waals surface area contributed by atoms with Gasteiger partial charge in [0.15, 0.2) is 0 Å². The van der Waals surface area contributed by atoms with Crippen molar-refractivity contribution in [3.8, 4) is 5.75 Å². The first kappa shape index (κ1) is 16.0. The molecule has 2 aromatic carbocycles. The first-order chi connectivity index (χ1) is 12.0. The molecule has 2 aliphatic rings. The number of hydrogen-bond donors (Lipinski definition) is 1. The van der Waals surface area contributed by atoms with Crippen LogP contribution in [0, 0.1) is 11.7 Å². The Morgan fingerprint density at radius 1 is 1.16 bits per heavy atom. The molecule has 1 fully saturated rings. The molecule has 0 aliphatic carbocycles. The van der Waals surface area contributed by atoms with Gasteiger partial charge in [0.2, 0.25) is 0 Å². The van der Waals surface area contributed by atoms with E-state index in [1.807, 2.05) is 18.2 Å². The van der Waals surface area contributed by atoms with Gasteiger partial charge in [0.05, 0.1) is 5.69 Å². The third kappa shape index (κ3) is 2.86. The number of aromatic hydroxyl groups is 1. The fourth-order valence-electron chi connectivity index (χ4n) is 3.94. The monoisotopic (exact) mass is 338 g/mol. The first-order valence-electron chi connectivity index (χ1n) is 8.86. The number of fused-ring (bicyclic) bond motifs is 1. The number of phenols is 1. The highest BCUT2D eigenvalue weighted by atomic mass is 19.1. The van der Waals surface area contributed by atoms with Gasteiger partial charge in [0, 0.05) is 36.6 Å². The zero-order chi connectivity index (χ0) is 17.6. The standard InChI is InChI=1S/C21H23FN2O/c1-14-7-9-23(13-14)21-6-3-17(12-20(21)22)24-10-8-16-11-18(25)4-5-19(16)15(24)2/h3-6,11-12,14,25H,2,7-10,13H2,1H3. The van der Waals surface area contributed by atoms with Crippen LogP contribution in [0.2, 0.25) is 0 Å². The second-order valence-corrected chi connectivity index (χ2v) is 7.17. The quantitative estimate of drug-likeness (QED) is 0.878. The van der Waals surface area contributed by atoms with Gasteiger partial charge in [-0.05, 0) is 60.7 Å². The van der Waals surface area contributed by atoms with Gasteiger partial charge in [-0.3, -0.25) is 0 Å². The van der Waals surface area contributed by atoms with Crippen LogP contribution in [0.15, 0.2) is 43.0 Å². The van der Waals surface area contributed by atoms with Gasteiger partial charge in [-0.1, -0.05) is 13.5 Å².